The van der Waals surface area contributed by atoms with Gasteiger partial charge in [0, 0.05) is 0 Å². The predicted molar refractivity (Wildman–Crippen MR) is 59.6 cm³/mol. The maximum Gasteiger partial charge on any atom is 0.416 e. The first-order valence-corrected chi connectivity index (χ1v) is 8.39. The Hall–Kier alpha value is -0.813. The van der Waals surface area contributed by atoms with Gasteiger partial charge in [0.05, 0.1) is 12.2 Å². The minimum absolute atomic E-state index is 0.250. The van der Waals surface area contributed by atoms with Gasteiger partial charge in [-0.25, -0.2) is 0 Å². The molecule has 5 heteroatoms. The second-order valence-electron chi connectivity index (χ2n) is 4.60. The Kier molecular flexibility index (Phi) is 3.80. The maximum atomic E-state index is 12.4. The van der Waals surface area contributed by atoms with Crippen LogP contribution < -0.4 is 0 Å². The molecule has 0 aliphatic carbocycles. The van der Waals surface area contributed by atoms with Crippen molar-refractivity contribution in [2.24, 2.45) is 0 Å². The van der Waals surface area contributed by atoms with Gasteiger partial charge in [-0.1, -0.05) is 12.1 Å². The third-order valence-corrected chi connectivity index (χ3v) is 2.94. The van der Waals surface area contributed by atoms with Gasteiger partial charge < -0.3 is 4.43 Å². The van der Waals surface area contributed by atoms with Crippen LogP contribution in [0.15, 0.2) is 24.3 Å². The van der Waals surface area contributed by atoms with Crippen LogP contribution in [0.2, 0.25) is 19.6 Å². The van der Waals surface area contributed by atoms with Crippen molar-refractivity contribution in [3.8, 4) is 0 Å². The Bertz CT molecular complexity index is 355. The van der Waals surface area contributed by atoms with E-state index < -0.39 is 20.1 Å². The molecule has 1 aromatic rings. The third-order valence-electron chi connectivity index (χ3n) is 1.93. The Morgan fingerprint density at radius 1 is 1.19 bits per heavy atom. The third kappa shape index (κ3) is 4.36. The molecule has 0 saturated heterocycles. The largest absolute Gasteiger partial charge is 0.416 e. The van der Waals surface area contributed by atoms with E-state index >= 15 is 0 Å². The lowest BCUT2D eigenvalue weighted by atomic mass is 10.1. The molecule has 1 rings (SSSR count). The standard InChI is InChI=1S/C11H15F3OSi/c1-16(2,3)15-8-9-5-4-6-10(7-9)11(12,13)14/h4-7H,8H2,1-3H3. The van der Waals surface area contributed by atoms with Crippen LogP contribution in [-0.4, -0.2) is 8.32 Å². The van der Waals surface area contributed by atoms with Crippen molar-refractivity contribution < 1.29 is 17.6 Å². The average Bonchev–Trinajstić information content (AvgIpc) is 2.13. The van der Waals surface area contributed by atoms with Crippen LogP contribution >= 0.6 is 0 Å². The number of hydrogen-bond acceptors (Lipinski definition) is 1. The molecule has 0 saturated carbocycles. The zero-order chi connectivity index (χ0) is 12.4. The van der Waals surface area contributed by atoms with Gasteiger partial charge in [0.2, 0.25) is 0 Å². The zero-order valence-electron chi connectivity index (χ0n) is 9.56. The van der Waals surface area contributed by atoms with E-state index in [9.17, 15) is 13.2 Å². The summed E-state index contributed by atoms with van der Waals surface area (Å²) in [6.07, 6.45) is -4.28. The SMILES string of the molecule is C[Si](C)(C)OCc1cccc(C(F)(F)F)c1. The molecule has 0 radical (unpaired) electrons. The Morgan fingerprint density at radius 2 is 1.81 bits per heavy atom. The first-order chi connectivity index (χ1) is 7.18. The van der Waals surface area contributed by atoms with Crippen molar-refractivity contribution in [3.05, 3.63) is 35.4 Å². The lowest BCUT2D eigenvalue weighted by Crippen LogP contribution is -2.24. The van der Waals surface area contributed by atoms with Crippen LogP contribution in [0.3, 0.4) is 0 Å². The quantitative estimate of drug-likeness (QED) is 0.733. The lowest BCUT2D eigenvalue weighted by Gasteiger charge is -2.17. The average molecular weight is 248 g/mol. The van der Waals surface area contributed by atoms with Crippen LogP contribution in [0.4, 0.5) is 13.2 Å². The highest BCUT2D eigenvalue weighted by atomic mass is 28.4. The summed E-state index contributed by atoms with van der Waals surface area (Å²) < 4.78 is 42.8. The molecular formula is C11H15F3OSi. The number of benzene rings is 1. The van der Waals surface area contributed by atoms with Crippen molar-refractivity contribution >= 4 is 8.32 Å². The van der Waals surface area contributed by atoms with Gasteiger partial charge in [0.25, 0.3) is 0 Å². The summed E-state index contributed by atoms with van der Waals surface area (Å²) in [6.45, 7) is 6.25. The molecule has 1 aromatic carbocycles. The van der Waals surface area contributed by atoms with E-state index in [1.807, 2.05) is 19.6 Å². The van der Waals surface area contributed by atoms with E-state index in [0.29, 0.717) is 5.56 Å². The molecule has 1 nitrogen and oxygen atoms in total. The normalized spacial score (nSPS) is 12.9. The van der Waals surface area contributed by atoms with Crippen LogP contribution in [0.5, 0.6) is 0 Å². The van der Waals surface area contributed by atoms with Gasteiger partial charge in [-0.3, -0.25) is 0 Å². The summed E-state index contributed by atoms with van der Waals surface area (Å²) in [4.78, 5) is 0. The molecule has 0 aliphatic heterocycles. The Morgan fingerprint density at radius 3 is 2.31 bits per heavy atom. The highest BCUT2D eigenvalue weighted by Crippen LogP contribution is 2.29. The van der Waals surface area contributed by atoms with Gasteiger partial charge in [-0.15, -0.1) is 0 Å². The molecule has 0 heterocycles. The van der Waals surface area contributed by atoms with Crippen molar-refractivity contribution in [1.29, 1.82) is 0 Å². The molecule has 0 unspecified atom stereocenters. The van der Waals surface area contributed by atoms with Crippen molar-refractivity contribution in [1.82, 2.24) is 0 Å². The van der Waals surface area contributed by atoms with Crippen molar-refractivity contribution in [2.45, 2.75) is 32.4 Å². The second-order valence-corrected chi connectivity index (χ2v) is 9.11. The molecule has 0 fully saturated rings. The minimum Gasteiger partial charge on any atom is -0.413 e. The maximum absolute atomic E-state index is 12.4. The summed E-state index contributed by atoms with van der Waals surface area (Å²) >= 11 is 0. The van der Waals surface area contributed by atoms with Gasteiger partial charge >= 0.3 is 6.18 Å². The van der Waals surface area contributed by atoms with E-state index in [1.165, 1.54) is 6.07 Å². The molecule has 0 aliphatic rings. The molecule has 0 bridgehead atoms. The summed E-state index contributed by atoms with van der Waals surface area (Å²) in [7, 11) is -1.68. The second kappa shape index (κ2) is 4.59. The first-order valence-electron chi connectivity index (χ1n) is 4.98. The predicted octanol–water partition coefficient (Wildman–Crippen LogP) is 4.06. The van der Waals surface area contributed by atoms with Gasteiger partial charge in [0.15, 0.2) is 8.32 Å². The summed E-state index contributed by atoms with van der Waals surface area (Å²) in [5, 5.41) is 0. The highest BCUT2D eigenvalue weighted by molar-refractivity contribution is 6.69. The summed E-state index contributed by atoms with van der Waals surface area (Å²) in [6, 6.07) is 5.26. The van der Waals surface area contributed by atoms with E-state index in [2.05, 4.69) is 0 Å². The first kappa shape index (κ1) is 13.3. The fourth-order valence-corrected chi connectivity index (χ4v) is 1.74. The van der Waals surface area contributed by atoms with Gasteiger partial charge in [-0.2, -0.15) is 13.2 Å². The smallest absolute Gasteiger partial charge is 0.413 e. The van der Waals surface area contributed by atoms with Crippen molar-refractivity contribution in [2.75, 3.05) is 0 Å². The molecule has 0 spiro atoms. The minimum atomic E-state index is -4.28. The number of halogens is 3. The van der Waals surface area contributed by atoms with Crippen LogP contribution in [-0.2, 0) is 17.2 Å². The highest BCUT2D eigenvalue weighted by Gasteiger charge is 2.30. The molecular weight excluding hydrogens is 233 g/mol. The Balaban J connectivity index is 2.76. The molecule has 0 N–H and O–H groups in total. The lowest BCUT2D eigenvalue weighted by molar-refractivity contribution is -0.137. The monoisotopic (exact) mass is 248 g/mol. The van der Waals surface area contributed by atoms with Crippen molar-refractivity contribution in [3.63, 3.8) is 0 Å². The number of alkyl halides is 3. The number of hydrogen-bond donors (Lipinski definition) is 0. The topological polar surface area (TPSA) is 9.23 Å². The molecule has 0 amide bonds. The molecule has 90 valence electrons. The number of rotatable bonds is 3. The van der Waals surface area contributed by atoms with E-state index in [4.69, 9.17) is 4.43 Å². The molecule has 0 atom stereocenters. The van der Waals surface area contributed by atoms with E-state index in [1.54, 1.807) is 6.07 Å². The zero-order valence-corrected chi connectivity index (χ0v) is 10.6. The van der Waals surface area contributed by atoms with Gasteiger partial charge in [-0.05, 0) is 37.3 Å². The van der Waals surface area contributed by atoms with Crippen LogP contribution in [0.25, 0.3) is 0 Å². The van der Waals surface area contributed by atoms with E-state index in [0.717, 1.165) is 12.1 Å². The summed E-state index contributed by atoms with van der Waals surface area (Å²) in [5.74, 6) is 0. The summed E-state index contributed by atoms with van der Waals surface area (Å²) in [5.41, 5.74) is -0.0542. The van der Waals surface area contributed by atoms with Gasteiger partial charge in [0.1, 0.15) is 0 Å². The van der Waals surface area contributed by atoms with E-state index in [-0.39, 0.29) is 6.61 Å². The molecule has 16 heavy (non-hydrogen) atoms. The molecule has 0 aromatic heterocycles. The fraction of sp³-hybridized carbons (Fsp3) is 0.455. The Labute approximate surface area is 94.4 Å². The fourth-order valence-electron chi connectivity index (χ4n) is 1.14. The van der Waals surface area contributed by atoms with Crippen LogP contribution in [0.1, 0.15) is 11.1 Å². The van der Waals surface area contributed by atoms with Crippen LogP contribution in [0, 0.1) is 0 Å².